The minimum atomic E-state index is -1.03. The van der Waals surface area contributed by atoms with Gasteiger partial charge in [-0.15, -0.1) is 11.3 Å². The molecule has 2 saturated heterocycles. The number of carboxylic acid groups (broad SMARTS) is 1. The number of hydrogen-bond donors (Lipinski definition) is 1. The molecule has 3 aliphatic rings. The molecule has 48 heavy (non-hydrogen) atoms. The van der Waals surface area contributed by atoms with Crippen molar-refractivity contribution in [2.75, 3.05) is 32.9 Å². The van der Waals surface area contributed by atoms with Gasteiger partial charge >= 0.3 is 5.97 Å². The third kappa shape index (κ3) is 5.98. The molecule has 3 aliphatic heterocycles. The minimum absolute atomic E-state index is 0.171. The highest BCUT2D eigenvalue weighted by molar-refractivity contribution is 7.09. The van der Waals surface area contributed by atoms with Crippen LogP contribution in [0.1, 0.15) is 58.0 Å². The maximum absolute atomic E-state index is 12.1. The topological polar surface area (TPSA) is 121 Å². The zero-order chi connectivity index (χ0) is 32.8. The zero-order valence-corrected chi connectivity index (χ0v) is 27.9. The number of para-hydroxylation sites is 1. The fraction of sp³-hybridized carbons (Fsp3) is 0.371. The molecule has 0 radical (unpaired) electrons. The summed E-state index contributed by atoms with van der Waals surface area (Å²) in [7, 11) is 0. The summed E-state index contributed by atoms with van der Waals surface area (Å²) in [6.07, 6.45) is 5.32. The van der Waals surface area contributed by atoms with Crippen molar-refractivity contribution < 1.29 is 28.8 Å². The van der Waals surface area contributed by atoms with E-state index in [9.17, 15) is 9.90 Å². The van der Waals surface area contributed by atoms with E-state index in [0.29, 0.717) is 66.7 Å². The normalized spacial score (nSPS) is 19.9. The van der Waals surface area contributed by atoms with E-state index in [0.717, 1.165) is 59.2 Å². The van der Waals surface area contributed by atoms with Gasteiger partial charge in [-0.1, -0.05) is 23.7 Å². The third-order valence-electron chi connectivity index (χ3n) is 9.32. The Balaban J connectivity index is 1.03. The molecule has 2 aromatic carbocycles. The summed E-state index contributed by atoms with van der Waals surface area (Å²) in [5, 5.41) is 10.5. The van der Waals surface area contributed by atoms with E-state index in [1.807, 2.05) is 31.3 Å². The standard InChI is InChI=1S/C35H34ClN5O6S/c1-35(30-6-5-24(36)13-38-30)46-28-4-2-3-26(33(28)47-35)22-7-9-40(10-8-22)16-31-39-32-27(41(31)15-25-14-37-20-48-25)11-23(34(42)43)12-29(32)45-19-21-17-44-18-21/h2-6,11-14,20-22H,7-10,15-19H2,1H3,(H,42,43)/t35-/m0/s1. The molecule has 11 nitrogen and oxygen atoms in total. The fourth-order valence-corrected chi connectivity index (χ4v) is 7.35. The lowest BCUT2D eigenvalue weighted by atomic mass is 9.88. The van der Waals surface area contributed by atoms with Crippen molar-refractivity contribution in [1.29, 1.82) is 0 Å². The SMILES string of the molecule is C[C@]1(c2ccc(Cl)cn2)Oc2cccc(C3CCN(Cc4nc5c(OCC6COC6)cc(C(=O)O)cc5n4Cc4cncs4)CC3)c2O1. The van der Waals surface area contributed by atoms with Gasteiger partial charge in [-0.05, 0) is 62.2 Å². The molecular weight excluding hydrogens is 654 g/mol. The lowest BCUT2D eigenvalue weighted by molar-refractivity contribution is -0.0722. The Labute approximate surface area is 286 Å². The molecule has 1 N–H and O–H groups in total. The van der Waals surface area contributed by atoms with Crippen molar-refractivity contribution in [2.24, 2.45) is 5.92 Å². The van der Waals surface area contributed by atoms with E-state index in [1.165, 1.54) is 0 Å². The molecule has 0 aliphatic carbocycles. The average molecular weight is 688 g/mol. The second-order valence-corrected chi connectivity index (χ2v) is 14.1. The number of halogens is 1. The predicted molar refractivity (Wildman–Crippen MR) is 179 cm³/mol. The highest BCUT2D eigenvalue weighted by Gasteiger charge is 2.42. The van der Waals surface area contributed by atoms with Gasteiger partial charge in [0, 0.05) is 35.7 Å². The molecule has 0 saturated carbocycles. The second-order valence-electron chi connectivity index (χ2n) is 12.7. The van der Waals surface area contributed by atoms with Gasteiger partial charge in [0.1, 0.15) is 22.8 Å². The summed E-state index contributed by atoms with van der Waals surface area (Å²) in [6, 6.07) is 13.0. The van der Waals surface area contributed by atoms with Crippen LogP contribution in [-0.2, 0) is 23.6 Å². The largest absolute Gasteiger partial charge is 0.491 e. The molecule has 8 rings (SSSR count). The molecule has 0 bridgehead atoms. The van der Waals surface area contributed by atoms with Crippen LogP contribution in [-0.4, -0.2) is 68.4 Å². The van der Waals surface area contributed by atoms with Crippen LogP contribution in [0.15, 0.2) is 60.4 Å². The van der Waals surface area contributed by atoms with E-state index in [-0.39, 0.29) is 5.56 Å². The van der Waals surface area contributed by atoms with Crippen molar-refractivity contribution >= 4 is 39.9 Å². The molecule has 2 fully saturated rings. The first-order valence-electron chi connectivity index (χ1n) is 16.0. The first-order valence-corrected chi connectivity index (χ1v) is 17.3. The summed E-state index contributed by atoms with van der Waals surface area (Å²) in [6.45, 7) is 6.51. The van der Waals surface area contributed by atoms with Crippen molar-refractivity contribution in [3.05, 3.63) is 92.9 Å². The molecule has 248 valence electrons. The number of aromatic carboxylic acids is 1. The smallest absolute Gasteiger partial charge is 0.335 e. The van der Waals surface area contributed by atoms with Crippen molar-refractivity contribution in [1.82, 2.24) is 24.4 Å². The van der Waals surface area contributed by atoms with E-state index < -0.39 is 11.8 Å². The van der Waals surface area contributed by atoms with Crippen molar-refractivity contribution in [3.8, 4) is 17.2 Å². The summed E-state index contributed by atoms with van der Waals surface area (Å²) >= 11 is 7.64. The quantitative estimate of drug-likeness (QED) is 0.178. The zero-order valence-electron chi connectivity index (χ0n) is 26.3. The van der Waals surface area contributed by atoms with Crippen LogP contribution in [0.25, 0.3) is 11.0 Å². The Kier molecular flexibility index (Phi) is 8.19. The van der Waals surface area contributed by atoms with Crippen LogP contribution in [0.3, 0.4) is 0 Å². The minimum Gasteiger partial charge on any atom is -0.491 e. The molecule has 0 amide bonds. The summed E-state index contributed by atoms with van der Waals surface area (Å²) in [5.41, 5.74) is 5.19. The lowest BCUT2D eigenvalue weighted by Gasteiger charge is -2.32. The number of rotatable bonds is 10. The maximum Gasteiger partial charge on any atom is 0.335 e. The molecule has 5 aromatic rings. The van der Waals surface area contributed by atoms with Gasteiger partial charge in [0.05, 0.1) is 54.5 Å². The molecule has 3 aromatic heterocycles. The molecular formula is C35H34ClN5O6S. The lowest BCUT2D eigenvalue weighted by Crippen LogP contribution is -2.34. The highest BCUT2D eigenvalue weighted by Crippen LogP contribution is 2.49. The number of benzene rings is 2. The summed E-state index contributed by atoms with van der Waals surface area (Å²) in [5.74, 6) is 1.39. The van der Waals surface area contributed by atoms with Crippen LogP contribution >= 0.6 is 22.9 Å². The molecule has 6 heterocycles. The van der Waals surface area contributed by atoms with E-state index in [2.05, 4.69) is 25.5 Å². The Hall–Kier alpha value is -4.23. The number of carboxylic acids is 1. The molecule has 1 atom stereocenters. The van der Waals surface area contributed by atoms with E-state index in [1.54, 1.807) is 41.2 Å². The number of thiazole rings is 1. The number of hydrogen-bond acceptors (Lipinski definition) is 10. The van der Waals surface area contributed by atoms with Crippen LogP contribution < -0.4 is 14.2 Å². The Morgan fingerprint density at radius 1 is 1.12 bits per heavy atom. The number of piperidine rings is 1. The van der Waals surface area contributed by atoms with Gasteiger partial charge in [0.25, 0.3) is 5.79 Å². The number of ether oxygens (including phenoxy) is 4. The highest BCUT2D eigenvalue weighted by atomic mass is 35.5. The molecule has 0 spiro atoms. The van der Waals surface area contributed by atoms with Gasteiger partial charge in [0.15, 0.2) is 11.5 Å². The van der Waals surface area contributed by atoms with Gasteiger partial charge in [0.2, 0.25) is 0 Å². The Morgan fingerprint density at radius 2 is 1.98 bits per heavy atom. The fourth-order valence-electron chi connectivity index (χ4n) is 6.66. The summed E-state index contributed by atoms with van der Waals surface area (Å²) in [4.78, 5) is 29.4. The van der Waals surface area contributed by atoms with Crippen LogP contribution in [0.2, 0.25) is 5.02 Å². The second kappa shape index (κ2) is 12.7. The number of imidazole rings is 1. The number of likely N-dealkylation sites (tertiary alicyclic amines) is 1. The van der Waals surface area contributed by atoms with Gasteiger partial charge in [-0.2, -0.15) is 0 Å². The summed E-state index contributed by atoms with van der Waals surface area (Å²) < 4.78 is 26.4. The van der Waals surface area contributed by atoms with E-state index >= 15 is 0 Å². The van der Waals surface area contributed by atoms with Gasteiger partial charge in [-0.25, -0.2) is 9.78 Å². The van der Waals surface area contributed by atoms with Gasteiger partial charge in [-0.3, -0.25) is 14.9 Å². The molecule has 13 heteroatoms. The van der Waals surface area contributed by atoms with Crippen LogP contribution in [0.5, 0.6) is 17.2 Å². The molecule has 0 unspecified atom stereocenters. The Bertz CT molecular complexity index is 1960. The number of carbonyl (C=O) groups is 1. The number of nitrogens with zero attached hydrogens (tertiary/aromatic N) is 5. The number of aromatic nitrogens is 4. The first kappa shape index (κ1) is 31.1. The average Bonchev–Trinajstić information content (AvgIpc) is 3.79. The van der Waals surface area contributed by atoms with Crippen molar-refractivity contribution in [3.63, 3.8) is 0 Å². The number of fused-ring (bicyclic) bond motifs is 2. The monoisotopic (exact) mass is 687 g/mol. The Morgan fingerprint density at radius 3 is 2.69 bits per heavy atom. The third-order valence-corrected chi connectivity index (χ3v) is 10.3. The van der Waals surface area contributed by atoms with Crippen LogP contribution in [0.4, 0.5) is 0 Å². The van der Waals surface area contributed by atoms with Crippen molar-refractivity contribution in [2.45, 2.75) is 44.6 Å². The van der Waals surface area contributed by atoms with Gasteiger partial charge < -0.3 is 28.6 Å². The van der Waals surface area contributed by atoms with Crippen LogP contribution in [0, 0.1) is 5.92 Å². The maximum atomic E-state index is 12.1. The predicted octanol–water partition coefficient (Wildman–Crippen LogP) is 6.34. The van der Waals surface area contributed by atoms with E-state index in [4.69, 9.17) is 35.5 Å². The number of pyridine rings is 1. The first-order chi connectivity index (χ1) is 23.3.